The molecule has 1 saturated heterocycles. The zero-order valence-electron chi connectivity index (χ0n) is 16.9. The van der Waals surface area contributed by atoms with Crippen LogP contribution in [0.5, 0.6) is 0 Å². The van der Waals surface area contributed by atoms with Crippen molar-refractivity contribution in [3.8, 4) is 17.5 Å². The number of para-hydroxylation sites is 1. The third kappa shape index (κ3) is 4.12. The van der Waals surface area contributed by atoms with Crippen LogP contribution < -0.4 is 0 Å². The van der Waals surface area contributed by atoms with Gasteiger partial charge in [-0.3, -0.25) is 4.79 Å². The third-order valence-corrected chi connectivity index (χ3v) is 5.51. The number of piperidine rings is 1. The summed E-state index contributed by atoms with van der Waals surface area (Å²) < 4.78 is 0. The molecule has 6 heteroatoms. The second kappa shape index (κ2) is 8.93. The summed E-state index contributed by atoms with van der Waals surface area (Å²) in [6.45, 7) is 2.63. The summed E-state index contributed by atoms with van der Waals surface area (Å²) in [7, 11) is 0. The molecule has 1 aliphatic heterocycles. The van der Waals surface area contributed by atoms with Gasteiger partial charge in [0.1, 0.15) is 0 Å². The molecule has 1 N–H and O–H groups in total. The predicted octanol–water partition coefficient (Wildman–Crippen LogP) is 3.05. The van der Waals surface area contributed by atoms with Gasteiger partial charge in [-0.2, -0.15) is 15.0 Å². The van der Waals surface area contributed by atoms with Crippen LogP contribution in [0.3, 0.4) is 0 Å². The van der Waals surface area contributed by atoms with Crippen molar-refractivity contribution in [2.45, 2.75) is 32.4 Å². The van der Waals surface area contributed by atoms with Crippen LogP contribution in [0, 0.1) is 17.8 Å². The summed E-state index contributed by atoms with van der Waals surface area (Å²) in [5.41, 5.74) is 2.92. The Morgan fingerprint density at radius 1 is 1.10 bits per heavy atom. The molecule has 1 aromatic heterocycles. The highest BCUT2D eigenvalue weighted by Crippen LogP contribution is 2.25. The molecule has 2 heterocycles. The van der Waals surface area contributed by atoms with E-state index < -0.39 is 0 Å². The summed E-state index contributed by atoms with van der Waals surface area (Å²) >= 11 is 0. The van der Waals surface area contributed by atoms with Crippen molar-refractivity contribution in [2.75, 3.05) is 6.54 Å². The molecule has 1 aliphatic rings. The van der Waals surface area contributed by atoms with Gasteiger partial charge in [0.15, 0.2) is 0 Å². The first-order valence-electron chi connectivity index (χ1n) is 10.1. The Balaban J connectivity index is 1.57. The van der Waals surface area contributed by atoms with E-state index in [4.69, 9.17) is 0 Å². The van der Waals surface area contributed by atoms with Crippen molar-refractivity contribution >= 4 is 5.91 Å². The van der Waals surface area contributed by atoms with E-state index in [0.717, 1.165) is 24.0 Å². The number of likely N-dealkylation sites (tertiary alicyclic amines) is 1. The SMILES string of the molecule is C[C@@H]1CC[C@@H](C#Cc2ccccc2CO)CN1C(=O)c1ccccc1-n1nccn1. The molecule has 30 heavy (non-hydrogen) atoms. The minimum Gasteiger partial charge on any atom is -0.392 e. The third-order valence-electron chi connectivity index (χ3n) is 5.51. The van der Waals surface area contributed by atoms with Gasteiger partial charge in [-0.1, -0.05) is 42.2 Å². The van der Waals surface area contributed by atoms with E-state index in [9.17, 15) is 9.90 Å². The van der Waals surface area contributed by atoms with Crippen LogP contribution in [0.2, 0.25) is 0 Å². The summed E-state index contributed by atoms with van der Waals surface area (Å²) in [5.74, 6) is 6.60. The molecule has 0 spiro atoms. The number of benzene rings is 2. The fourth-order valence-electron chi connectivity index (χ4n) is 3.79. The standard InChI is InChI=1S/C24H24N4O2/c1-18-10-11-19(12-13-20-6-2-3-7-21(20)17-29)16-27(18)24(30)22-8-4-5-9-23(22)28-25-14-15-26-28/h2-9,14-15,18-19,29H,10-11,16-17H2,1H3/t18-,19+/m1/s1. The van der Waals surface area contributed by atoms with E-state index in [1.54, 1.807) is 12.4 Å². The number of aliphatic hydroxyl groups is 1. The van der Waals surface area contributed by atoms with E-state index in [-0.39, 0.29) is 24.5 Å². The zero-order valence-corrected chi connectivity index (χ0v) is 16.9. The molecule has 0 radical (unpaired) electrons. The molecule has 152 valence electrons. The highest BCUT2D eigenvalue weighted by atomic mass is 16.3. The Morgan fingerprint density at radius 3 is 2.63 bits per heavy atom. The lowest BCUT2D eigenvalue weighted by Crippen LogP contribution is -2.45. The van der Waals surface area contributed by atoms with Crippen LogP contribution in [0.4, 0.5) is 0 Å². The van der Waals surface area contributed by atoms with Crippen LogP contribution in [0.15, 0.2) is 60.9 Å². The molecular formula is C24H24N4O2. The molecule has 1 amide bonds. The lowest BCUT2D eigenvalue weighted by atomic mass is 9.92. The van der Waals surface area contributed by atoms with Gasteiger partial charge in [-0.15, -0.1) is 0 Å². The van der Waals surface area contributed by atoms with Gasteiger partial charge in [0, 0.05) is 24.1 Å². The van der Waals surface area contributed by atoms with Crippen molar-refractivity contribution < 1.29 is 9.90 Å². The number of aliphatic hydroxyl groups excluding tert-OH is 1. The number of nitrogens with zero attached hydrogens (tertiary/aromatic N) is 4. The van der Waals surface area contributed by atoms with Crippen LogP contribution in [0.1, 0.15) is 41.3 Å². The number of hydrogen-bond acceptors (Lipinski definition) is 4. The monoisotopic (exact) mass is 400 g/mol. The van der Waals surface area contributed by atoms with Gasteiger partial charge in [-0.05, 0) is 43.5 Å². The number of carbonyl (C=O) groups excluding carboxylic acids is 1. The second-order valence-electron chi connectivity index (χ2n) is 7.50. The largest absolute Gasteiger partial charge is 0.392 e. The van der Waals surface area contributed by atoms with Crippen molar-refractivity contribution in [2.24, 2.45) is 5.92 Å². The van der Waals surface area contributed by atoms with Gasteiger partial charge in [0.2, 0.25) is 0 Å². The average molecular weight is 400 g/mol. The van der Waals surface area contributed by atoms with Crippen molar-refractivity contribution in [3.05, 3.63) is 77.6 Å². The quantitative estimate of drug-likeness (QED) is 0.686. The van der Waals surface area contributed by atoms with Gasteiger partial charge < -0.3 is 10.0 Å². The fourth-order valence-corrected chi connectivity index (χ4v) is 3.79. The number of amides is 1. The molecule has 2 aromatic carbocycles. The molecule has 1 fully saturated rings. The molecule has 0 unspecified atom stereocenters. The Kier molecular flexibility index (Phi) is 5.92. The Morgan fingerprint density at radius 2 is 1.83 bits per heavy atom. The summed E-state index contributed by atoms with van der Waals surface area (Å²) in [6.07, 6.45) is 5.04. The average Bonchev–Trinajstić information content (AvgIpc) is 3.33. The number of rotatable bonds is 3. The topological polar surface area (TPSA) is 71.2 Å². The van der Waals surface area contributed by atoms with Crippen LogP contribution >= 0.6 is 0 Å². The van der Waals surface area contributed by atoms with Crippen LogP contribution in [-0.4, -0.2) is 43.5 Å². The summed E-state index contributed by atoms with van der Waals surface area (Å²) in [5, 5.41) is 17.9. The van der Waals surface area contributed by atoms with Crippen molar-refractivity contribution in [1.82, 2.24) is 19.9 Å². The Labute approximate surface area is 176 Å². The Hall–Kier alpha value is -3.43. The number of aromatic nitrogens is 3. The zero-order chi connectivity index (χ0) is 20.9. The molecule has 0 bridgehead atoms. The first-order valence-corrected chi connectivity index (χ1v) is 10.1. The van der Waals surface area contributed by atoms with Gasteiger partial charge in [0.05, 0.1) is 30.3 Å². The summed E-state index contributed by atoms with van der Waals surface area (Å²) in [4.78, 5) is 16.8. The van der Waals surface area contributed by atoms with Crippen LogP contribution in [-0.2, 0) is 6.61 Å². The van der Waals surface area contributed by atoms with Crippen LogP contribution in [0.25, 0.3) is 5.69 Å². The maximum absolute atomic E-state index is 13.4. The second-order valence-corrected chi connectivity index (χ2v) is 7.50. The van der Waals surface area contributed by atoms with Crippen molar-refractivity contribution in [1.29, 1.82) is 0 Å². The lowest BCUT2D eigenvalue weighted by molar-refractivity contribution is 0.0598. The van der Waals surface area contributed by atoms with E-state index >= 15 is 0 Å². The smallest absolute Gasteiger partial charge is 0.256 e. The normalized spacial score (nSPS) is 18.5. The molecule has 2 atom stereocenters. The van der Waals surface area contributed by atoms with E-state index in [1.165, 1.54) is 4.80 Å². The minimum atomic E-state index is -0.0323. The first kappa shape index (κ1) is 19.9. The summed E-state index contributed by atoms with van der Waals surface area (Å²) in [6, 6.07) is 15.2. The van der Waals surface area contributed by atoms with Crippen molar-refractivity contribution in [3.63, 3.8) is 0 Å². The van der Waals surface area contributed by atoms with E-state index in [1.807, 2.05) is 53.4 Å². The van der Waals surface area contributed by atoms with E-state index in [2.05, 4.69) is 29.0 Å². The predicted molar refractivity (Wildman–Crippen MR) is 114 cm³/mol. The maximum atomic E-state index is 13.4. The first-order chi connectivity index (χ1) is 14.7. The highest BCUT2D eigenvalue weighted by Gasteiger charge is 2.30. The molecule has 3 aromatic rings. The van der Waals surface area contributed by atoms with Gasteiger partial charge >= 0.3 is 0 Å². The molecular weight excluding hydrogens is 376 g/mol. The maximum Gasteiger partial charge on any atom is 0.256 e. The highest BCUT2D eigenvalue weighted by molar-refractivity contribution is 5.98. The number of hydrogen-bond donors (Lipinski definition) is 1. The molecule has 0 saturated carbocycles. The molecule has 6 nitrogen and oxygen atoms in total. The molecule has 4 rings (SSSR count). The van der Waals surface area contributed by atoms with Gasteiger partial charge in [0.25, 0.3) is 5.91 Å². The van der Waals surface area contributed by atoms with Gasteiger partial charge in [-0.25, -0.2) is 0 Å². The number of carbonyl (C=O) groups is 1. The fraction of sp³-hybridized carbons (Fsp3) is 0.292. The molecule has 0 aliphatic carbocycles. The Bertz CT molecular complexity index is 1080. The lowest BCUT2D eigenvalue weighted by Gasteiger charge is -2.36. The van der Waals surface area contributed by atoms with E-state index in [0.29, 0.717) is 17.8 Å². The minimum absolute atomic E-state index is 0.0299.